The maximum atomic E-state index is 14.0. The Hall–Kier alpha value is -0.930. The molecule has 2 unspecified atom stereocenters. The van der Waals surface area contributed by atoms with Crippen molar-refractivity contribution in [2.75, 3.05) is 13.1 Å². The van der Waals surface area contributed by atoms with Gasteiger partial charge in [0.1, 0.15) is 5.82 Å². The van der Waals surface area contributed by atoms with Gasteiger partial charge in [-0.3, -0.25) is 0 Å². The minimum atomic E-state index is -0.0787. The zero-order chi connectivity index (χ0) is 12.6. The summed E-state index contributed by atoms with van der Waals surface area (Å²) in [6.07, 6.45) is 3.83. The van der Waals surface area contributed by atoms with Crippen molar-refractivity contribution in [1.82, 2.24) is 5.32 Å². The van der Waals surface area contributed by atoms with Gasteiger partial charge in [-0.2, -0.15) is 0 Å². The minimum absolute atomic E-state index is 0.0555. The molecule has 2 aliphatic heterocycles. The van der Waals surface area contributed by atoms with E-state index < -0.39 is 0 Å². The molecule has 98 valence electrons. The number of ether oxygens (including phenoxy) is 1. The summed E-state index contributed by atoms with van der Waals surface area (Å²) in [6, 6.07) is 7.17. The second kappa shape index (κ2) is 4.63. The molecule has 0 amide bonds. The summed E-state index contributed by atoms with van der Waals surface area (Å²) in [6.45, 7) is 3.85. The third-order valence-electron chi connectivity index (χ3n) is 4.31. The smallest absolute Gasteiger partial charge is 0.127 e. The highest BCUT2D eigenvalue weighted by molar-refractivity contribution is 5.31. The molecule has 2 aliphatic rings. The van der Waals surface area contributed by atoms with E-state index in [1.807, 2.05) is 12.1 Å². The van der Waals surface area contributed by atoms with E-state index in [1.54, 1.807) is 12.1 Å². The Kier molecular flexibility index (Phi) is 3.12. The van der Waals surface area contributed by atoms with Crippen molar-refractivity contribution in [3.05, 3.63) is 35.6 Å². The van der Waals surface area contributed by atoms with Gasteiger partial charge in [0.05, 0.1) is 12.2 Å². The normalized spacial score (nSPS) is 30.1. The third-order valence-corrected chi connectivity index (χ3v) is 4.31. The zero-order valence-corrected chi connectivity index (χ0v) is 10.8. The molecule has 1 N–H and O–H groups in total. The first-order chi connectivity index (χ1) is 8.70. The molecule has 0 aromatic heterocycles. The van der Waals surface area contributed by atoms with Crippen LogP contribution in [0.15, 0.2) is 24.3 Å². The van der Waals surface area contributed by atoms with Crippen molar-refractivity contribution in [3.8, 4) is 0 Å². The van der Waals surface area contributed by atoms with Gasteiger partial charge in [0.2, 0.25) is 0 Å². The number of hydrogen-bond donors (Lipinski definition) is 1. The Labute approximate surface area is 108 Å². The third kappa shape index (κ3) is 2.06. The number of hydrogen-bond acceptors (Lipinski definition) is 2. The fourth-order valence-corrected chi connectivity index (χ4v) is 3.23. The maximum Gasteiger partial charge on any atom is 0.127 e. The van der Waals surface area contributed by atoms with Crippen molar-refractivity contribution in [2.45, 2.75) is 43.8 Å². The van der Waals surface area contributed by atoms with Crippen molar-refractivity contribution in [1.29, 1.82) is 0 Å². The van der Waals surface area contributed by atoms with Crippen LogP contribution in [0.4, 0.5) is 4.39 Å². The Bertz CT molecular complexity index is 430. The molecule has 3 heteroatoms. The molecule has 1 aromatic carbocycles. The second-order valence-corrected chi connectivity index (χ2v) is 5.71. The van der Waals surface area contributed by atoms with Gasteiger partial charge in [-0.15, -0.1) is 0 Å². The number of benzene rings is 1. The van der Waals surface area contributed by atoms with Crippen LogP contribution in [-0.4, -0.2) is 25.3 Å². The van der Waals surface area contributed by atoms with Crippen LogP contribution in [-0.2, 0) is 10.2 Å². The van der Waals surface area contributed by atoms with Crippen molar-refractivity contribution >= 4 is 0 Å². The summed E-state index contributed by atoms with van der Waals surface area (Å²) < 4.78 is 19.9. The number of rotatable bonds is 3. The zero-order valence-electron chi connectivity index (χ0n) is 10.8. The van der Waals surface area contributed by atoms with E-state index in [-0.39, 0.29) is 11.2 Å². The lowest BCUT2D eigenvalue weighted by molar-refractivity contribution is 0.0267. The molecule has 0 spiro atoms. The van der Waals surface area contributed by atoms with Crippen LogP contribution >= 0.6 is 0 Å². The highest BCUT2D eigenvalue weighted by Gasteiger charge is 2.43. The van der Waals surface area contributed by atoms with Crippen molar-refractivity contribution in [2.24, 2.45) is 0 Å². The summed E-state index contributed by atoms with van der Waals surface area (Å²) in [5.74, 6) is -0.0787. The first kappa shape index (κ1) is 12.1. The Balaban J connectivity index is 1.80. The monoisotopic (exact) mass is 249 g/mol. The summed E-state index contributed by atoms with van der Waals surface area (Å²) in [5.41, 5.74) is 0.798. The molecule has 3 rings (SSSR count). The van der Waals surface area contributed by atoms with Crippen molar-refractivity contribution in [3.63, 3.8) is 0 Å². The van der Waals surface area contributed by atoms with Gasteiger partial charge < -0.3 is 10.1 Å². The van der Waals surface area contributed by atoms with E-state index in [4.69, 9.17) is 4.74 Å². The summed E-state index contributed by atoms with van der Waals surface area (Å²) >= 11 is 0. The van der Waals surface area contributed by atoms with E-state index in [1.165, 1.54) is 0 Å². The lowest BCUT2D eigenvalue weighted by atomic mass is 9.71. The van der Waals surface area contributed by atoms with Crippen LogP contribution < -0.4 is 5.32 Å². The molecule has 2 nitrogen and oxygen atoms in total. The Morgan fingerprint density at radius 2 is 2.11 bits per heavy atom. The molecule has 0 radical (unpaired) electrons. The second-order valence-electron chi connectivity index (χ2n) is 5.71. The van der Waals surface area contributed by atoms with Crippen molar-refractivity contribution < 1.29 is 9.13 Å². The van der Waals surface area contributed by atoms with Crippen LogP contribution in [0.5, 0.6) is 0 Å². The Morgan fingerprint density at radius 1 is 1.33 bits per heavy atom. The largest absolute Gasteiger partial charge is 0.375 e. The van der Waals surface area contributed by atoms with Gasteiger partial charge in [-0.05, 0) is 37.8 Å². The number of halogens is 1. The van der Waals surface area contributed by atoms with E-state index in [2.05, 4.69) is 12.2 Å². The molecule has 2 atom stereocenters. The van der Waals surface area contributed by atoms with Crippen LogP contribution in [0.25, 0.3) is 0 Å². The van der Waals surface area contributed by atoms with E-state index in [0.717, 1.165) is 37.9 Å². The van der Waals surface area contributed by atoms with Crippen LogP contribution in [0.3, 0.4) is 0 Å². The van der Waals surface area contributed by atoms with Crippen LogP contribution in [0.1, 0.15) is 31.7 Å². The molecule has 1 aromatic rings. The van der Waals surface area contributed by atoms with Gasteiger partial charge >= 0.3 is 0 Å². The van der Waals surface area contributed by atoms with Crippen LogP contribution in [0, 0.1) is 5.82 Å². The first-order valence-corrected chi connectivity index (χ1v) is 6.81. The number of nitrogens with one attached hydrogen (secondary N) is 1. The average molecular weight is 249 g/mol. The lowest BCUT2D eigenvalue weighted by Crippen LogP contribution is -2.58. The highest BCUT2D eigenvalue weighted by Crippen LogP contribution is 2.38. The van der Waals surface area contributed by atoms with Gasteiger partial charge in [-0.25, -0.2) is 4.39 Å². The van der Waals surface area contributed by atoms with Gasteiger partial charge in [0.25, 0.3) is 0 Å². The summed E-state index contributed by atoms with van der Waals surface area (Å²) in [7, 11) is 0. The van der Waals surface area contributed by atoms with Gasteiger partial charge in [0, 0.05) is 18.5 Å². The summed E-state index contributed by atoms with van der Waals surface area (Å²) in [5, 5.41) is 3.29. The first-order valence-electron chi connectivity index (χ1n) is 6.81. The fourth-order valence-electron chi connectivity index (χ4n) is 3.23. The van der Waals surface area contributed by atoms with Crippen LogP contribution in [0.2, 0.25) is 0 Å². The van der Waals surface area contributed by atoms with E-state index in [0.29, 0.717) is 12.2 Å². The van der Waals surface area contributed by atoms with E-state index >= 15 is 0 Å². The molecule has 0 bridgehead atoms. The predicted molar refractivity (Wildman–Crippen MR) is 69.1 cm³/mol. The predicted octanol–water partition coefficient (Wildman–Crippen LogP) is 2.62. The molecular weight excluding hydrogens is 229 g/mol. The highest BCUT2D eigenvalue weighted by atomic mass is 19.1. The Morgan fingerprint density at radius 3 is 2.67 bits per heavy atom. The molecule has 2 saturated heterocycles. The summed E-state index contributed by atoms with van der Waals surface area (Å²) in [4.78, 5) is 0. The van der Waals surface area contributed by atoms with Gasteiger partial charge in [-0.1, -0.05) is 18.2 Å². The standard InChI is InChI=1S/C15H20FNO/c1-11-6-7-12(18-11)8-15(9-17-10-15)13-4-2-3-5-14(13)16/h2-5,11-12,17H,6-10H2,1H3. The molecule has 0 saturated carbocycles. The molecule has 2 heterocycles. The minimum Gasteiger partial charge on any atom is -0.375 e. The van der Waals surface area contributed by atoms with E-state index in [9.17, 15) is 4.39 Å². The quantitative estimate of drug-likeness (QED) is 0.889. The topological polar surface area (TPSA) is 21.3 Å². The molecule has 0 aliphatic carbocycles. The average Bonchev–Trinajstić information content (AvgIpc) is 2.71. The molecule has 18 heavy (non-hydrogen) atoms. The molecule has 2 fully saturated rings. The lowest BCUT2D eigenvalue weighted by Gasteiger charge is -2.44. The SMILES string of the molecule is CC1CCC(CC2(c3ccccc3F)CNC2)O1. The molecular formula is C15H20FNO. The van der Waals surface area contributed by atoms with Gasteiger partial charge in [0.15, 0.2) is 0 Å². The maximum absolute atomic E-state index is 14.0. The fraction of sp³-hybridized carbons (Fsp3) is 0.600.